The molecule has 0 fully saturated rings. The molecule has 1 aliphatic rings. The zero-order valence-electron chi connectivity index (χ0n) is 5.87. The number of allylic oxidation sites excluding steroid dienone is 1. The molecule has 1 aliphatic heterocycles. The monoisotopic (exact) mass is 175 g/mol. The van der Waals surface area contributed by atoms with E-state index in [-0.39, 0.29) is 5.17 Å². The van der Waals surface area contributed by atoms with Crippen molar-refractivity contribution in [3.63, 3.8) is 0 Å². The third kappa shape index (κ3) is 2.75. The Balaban J connectivity index is 2.44. The SMILES string of the molecule is CC(O)NN1N=C(Cl)C=[C]N1. The molecular weight excluding hydrogens is 168 g/mol. The standard InChI is InChI=1S/C5H8ClN4O/c1-4(11)8-10-7-3-2-5(6)9-10/h2,4,7-8,11H,1H3. The van der Waals surface area contributed by atoms with Gasteiger partial charge in [0.05, 0.1) is 6.20 Å². The highest BCUT2D eigenvalue weighted by atomic mass is 35.5. The quantitative estimate of drug-likeness (QED) is 0.496. The second-order valence-corrected chi connectivity index (χ2v) is 2.33. The van der Waals surface area contributed by atoms with E-state index in [1.54, 1.807) is 6.92 Å². The van der Waals surface area contributed by atoms with Gasteiger partial charge in [-0.15, -0.1) is 10.3 Å². The fourth-order valence-corrected chi connectivity index (χ4v) is 0.671. The maximum absolute atomic E-state index is 8.85. The first-order valence-corrected chi connectivity index (χ1v) is 3.39. The minimum atomic E-state index is -0.699. The van der Waals surface area contributed by atoms with E-state index in [0.29, 0.717) is 0 Å². The smallest absolute Gasteiger partial charge is 0.154 e. The molecule has 1 radical (unpaired) electrons. The zero-order chi connectivity index (χ0) is 8.27. The highest BCUT2D eigenvalue weighted by Gasteiger charge is 2.05. The third-order valence-electron chi connectivity index (χ3n) is 0.866. The number of hydrogen-bond acceptors (Lipinski definition) is 5. The molecule has 0 saturated carbocycles. The number of halogens is 1. The molecule has 1 unspecified atom stereocenters. The Morgan fingerprint density at radius 3 is 3.27 bits per heavy atom. The van der Waals surface area contributed by atoms with Crippen LogP contribution >= 0.6 is 11.6 Å². The van der Waals surface area contributed by atoms with Crippen LogP contribution in [-0.4, -0.2) is 21.7 Å². The van der Waals surface area contributed by atoms with Gasteiger partial charge in [-0.25, -0.2) is 0 Å². The van der Waals surface area contributed by atoms with E-state index in [2.05, 4.69) is 22.2 Å². The number of hydrazine groups is 2. The minimum Gasteiger partial charge on any atom is -0.377 e. The maximum atomic E-state index is 8.85. The van der Waals surface area contributed by atoms with Crippen LogP contribution in [0.5, 0.6) is 0 Å². The Hall–Kier alpha value is -0.780. The molecule has 0 aromatic heterocycles. The molecule has 0 amide bonds. The highest BCUT2D eigenvalue weighted by Crippen LogP contribution is 1.95. The predicted octanol–water partition coefficient (Wildman–Crippen LogP) is -0.481. The Morgan fingerprint density at radius 1 is 2.00 bits per heavy atom. The Morgan fingerprint density at radius 2 is 2.73 bits per heavy atom. The lowest BCUT2D eigenvalue weighted by Crippen LogP contribution is -2.47. The van der Waals surface area contributed by atoms with Gasteiger partial charge in [0.2, 0.25) is 0 Å². The first-order chi connectivity index (χ1) is 5.18. The van der Waals surface area contributed by atoms with Crippen LogP contribution in [0.25, 0.3) is 0 Å². The van der Waals surface area contributed by atoms with Gasteiger partial charge >= 0.3 is 0 Å². The average molecular weight is 176 g/mol. The van der Waals surface area contributed by atoms with Crippen LogP contribution in [0.4, 0.5) is 0 Å². The second-order valence-electron chi connectivity index (χ2n) is 1.94. The van der Waals surface area contributed by atoms with Crippen LogP contribution in [0.3, 0.4) is 0 Å². The van der Waals surface area contributed by atoms with Gasteiger partial charge in [0.1, 0.15) is 6.23 Å². The van der Waals surface area contributed by atoms with Crippen molar-refractivity contribution in [2.24, 2.45) is 5.10 Å². The second kappa shape index (κ2) is 3.56. The van der Waals surface area contributed by atoms with Crippen LogP contribution in [0.15, 0.2) is 11.2 Å². The number of rotatable bonds is 2. The Labute approximate surface area is 69.3 Å². The summed E-state index contributed by atoms with van der Waals surface area (Å²) in [5.74, 6) is 0. The molecule has 1 atom stereocenters. The van der Waals surface area contributed by atoms with Gasteiger partial charge in [-0.2, -0.15) is 5.43 Å². The van der Waals surface area contributed by atoms with Crippen LogP contribution in [-0.2, 0) is 0 Å². The average Bonchev–Trinajstić information content (AvgIpc) is 1.85. The number of hydrazone groups is 1. The van der Waals surface area contributed by atoms with E-state index in [0.717, 1.165) is 0 Å². The molecule has 0 aromatic carbocycles. The van der Waals surface area contributed by atoms with Gasteiger partial charge in [-0.1, -0.05) is 11.6 Å². The van der Waals surface area contributed by atoms with Crippen molar-refractivity contribution >= 4 is 16.8 Å². The van der Waals surface area contributed by atoms with Crippen LogP contribution in [0.2, 0.25) is 0 Å². The highest BCUT2D eigenvalue weighted by molar-refractivity contribution is 6.68. The molecule has 3 N–H and O–H groups in total. The van der Waals surface area contributed by atoms with E-state index >= 15 is 0 Å². The topological polar surface area (TPSA) is 59.9 Å². The number of nitrogens with one attached hydrogen (secondary N) is 2. The molecule has 1 rings (SSSR count). The fourth-order valence-electron chi connectivity index (χ4n) is 0.540. The molecule has 0 aromatic rings. The molecule has 0 bridgehead atoms. The molecule has 0 aliphatic carbocycles. The molecule has 61 valence electrons. The summed E-state index contributed by atoms with van der Waals surface area (Å²) in [6.45, 7) is 1.56. The van der Waals surface area contributed by atoms with Gasteiger partial charge in [0.15, 0.2) is 5.17 Å². The van der Waals surface area contributed by atoms with E-state index in [1.165, 1.54) is 11.3 Å². The van der Waals surface area contributed by atoms with Gasteiger partial charge in [0, 0.05) is 6.08 Å². The molecule has 0 saturated heterocycles. The Kier molecular flexibility index (Phi) is 2.70. The predicted molar refractivity (Wildman–Crippen MR) is 40.9 cm³/mol. The molecular formula is C5H8ClN4O. The maximum Gasteiger partial charge on any atom is 0.154 e. The van der Waals surface area contributed by atoms with Crippen molar-refractivity contribution < 1.29 is 5.11 Å². The van der Waals surface area contributed by atoms with Gasteiger partial charge in [-0.05, 0) is 6.92 Å². The molecule has 11 heavy (non-hydrogen) atoms. The van der Waals surface area contributed by atoms with E-state index in [1.807, 2.05) is 0 Å². The number of nitrogens with zero attached hydrogens (tertiary/aromatic N) is 2. The van der Waals surface area contributed by atoms with Crippen molar-refractivity contribution in [1.29, 1.82) is 0 Å². The summed E-state index contributed by atoms with van der Waals surface area (Å²) in [6, 6.07) is 0. The summed E-state index contributed by atoms with van der Waals surface area (Å²) in [6.07, 6.45) is 3.38. The van der Waals surface area contributed by atoms with Crippen molar-refractivity contribution in [3.8, 4) is 0 Å². The summed E-state index contributed by atoms with van der Waals surface area (Å²) in [5, 5.41) is 14.0. The molecule has 6 heteroatoms. The van der Waals surface area contributed by atoms with Gasteiger partial charge in [-0.3, -0.25) is 5.43 Å². The van der Waals surface area contributed by atoms with Crippen LogP contribution < -0.4 is 10.9 Å². The first kappa shape index (κ1) is 8.32. The van der Waals surface area contributed by atoms with Crippen molar-refractivity contribution in [3.05, 3.63) is 12.3 Å². The van der Waals surface area contributed by atoms with Crippen molar-refractivity contribution in [2.45, 2.75) is 13.2 Å². The summed E-state index contributed by atoms with van der Waals surface area (Å²) in [5.41, 5.74) is 5.10. The summed E-state index contributed by atoms with van der Waals surface area (Å²) in [7, 11) is 0. The summed E-state index contributed by atoms with van der Waals surface area (Å²) < 4.78 is 0. The minimum absolute atomic E-state index is 0.289. The lowest BCUT2D eigenvalue weighted by Gasteiger charge is -2.22. The number of hydrogen-bond donors (Lipinski definition) is 3. The van der Waals surface area contributed by atoms with E-state index in [9.17, 15) is 0 Å². The van der Waals surface area contributed by atoms with Crippen molar-refractivity contribution in [1.82, 2.24) is 16.1 Å². The number of aliphatic hydroxyl groups excluding tert-OH is 1. The lowest BCUT2D eigenvalue weighted by molar-refractivity contribution is 0.0231. The largest absolute Gasteiger partial charge is 0.377 e. The summed E-state index contributed by atoms with van der Waals surface area (Å²) >= 11 is 5.52. The zero-order valence-corrected chi connectivity index (χ0v) is 6.63. The normalized spacial score (nSPS) is 19.2. The first-order valence-electron chi connectivity index (χ1n) is 3.01. The van der Waals surface area contributed by atoms with Gasteiger partial charge in [0.25, 0.3) is 0 Å². The fraction of sp³-hybridized carbons (Fsp3) is 0.400. The Bertz CT molecular complexity index is 191. The van der Waals surface area contributed by atoms with Gasteiger partial charge < -0.3 is 5.11 Å². The van der Waals surface area contributed by atoms with E-state index < -0.39 is 6.23 Å². The number of aliphatic hydroxyl groups is 1. The lowest BCUT2D eigenvalue weighted by atomic mass is 10.6. The van der Waals surface area contributed by atoms with E-state index in [4.69, 9.17) is 16.7 Å². The molecule has 5 nitrogen and oxygen atoms in total. The molecule has 1 heterocycles. The molecule has 0 spiro atoms. The van der Waals surface area contributed by atoms with Crippen LogP contribution in [0, 0.1) is 6.20 Å². The van der Waals surface area contributed by atoms with Crippen molar-refractivity contribution in [2.75, 3.05) is 0 Å². The third-order valence-corrected chi connectivity index (χ3v) is 1.05. The summed E-state index contributed by atoms with van der Waals surface area (Å²) in [4.78, 5) is 0. The van der Waals surface area contributed by atoms with Crippen LogP contribution in [0.1, 0.15) is 6.92 Å².